The molecule has 0 radical (unpaired) electrons. The van der Waals surface area contributed by atoms with Crippen molar-refractivity contribution in [2.45, 2.75) is 24.5 Å². The van der Waals surface area contributed by atoms with Gasteiger partial charge in [0.25, 0.3) is 0 Å². The third kappa shape index (κ3) is 4.12. The Hall–Kier alpha value is -1.95. The van der Waals surface area contributed by atoms with Gasteiger partial charge in [-0.3, -0.25) is 9.36 Å². The van der Waals surface area contributed by atoms with E-state index < -0.39 is 6.04 Å². The second-order valence-electron chi connectivity index (χ2n) is 4.70. The molecule has 0 aliphatic rings. The standard InChI is InChI=1S/C14H14Cl2N6OS/c1-2-11(22-13(18)20-21-14(22)24-6-5-17)12(23)19-8-3-4-9(15)10(16)7-8/h3-4,7,11H,2,6H2,1H3,(H2,18,20)(H,19,23). The number of nitrogens with zero attached hydrogens (tertiary/aromatic N) is 4. The van der Waals surface area contributed by atoms with Gasteiger partial charge in [-0.25, -0.2) is 0 Å². The zero-order valence-corrected chi connectivity index (χ0v) is 15.0. The van der Waals surface area contributed by atoms with Gasteiger partial charge < -0.3 is 11.1 Å². The van der Waals surface area contributed by atoms with Crippen LogP contribution in [-0.2, 0) is 4.79 Å². The van der Waals surface area contributed by atoms with Crippen LogP contribution in [0.4, 0.5) is 11.6 Å². The molecule has 24 heavy (non-hydrogen) atoms. The van der Waals surface area contributed by atoms with E-state index in [-0.39, 0.29) is 17.6 Å². The Morgan fingerprint density at radius 2 is 2.21 bits per heavy atom. The van der Waals surface area contributed by atoms with E-state index in [0.717, 1.165) is 0 Å². The van der Waals surface area contributed by atoms with E-state index in [4.69, 9.17) is 34.2 Å². The van der Waals surface area contributed by atoms with Crippen LogP contribution < -0.4 is 11.1 Å². The van der Waals surface area contributed by atoms with Crippen LogP contribution in [-0.4, -0.2) is 26.4 Å². The molecule has 0 saturated heterocycles. The Labute approximate surface area is 153 Å². The Balaban J connectivity index is 2.24. The van der Waals surface area contributed by atoms with Crippen LogP contribution in [0, 0.1) is 11.3 Å². The first-order valence-electron chi connectivity index (χ1n) is 6.94. The van der Waals surface area contributed by atoms with Crippen molar-refractivity contribution in [3.8, 4) is 6.07 Å². The van der Waals surface area contributed by atoms with Gasteiger partial charge in [0, 0.05) is 5.69 Å². The fraction of sp³-hybridized carbons (Fsp3) is 0.286. The van der Waals surface area contributed by atoms with Crippen LogP contribution in [0.25, 0.3) is 0 Å². The molecule has 10 heteroatoms. The summed E-state index contributed by atoms with van der Waals surface area (Å²) in [6.45, 7) is 1.84. The number of nitriles is 1. The summed E-state index contributed by atoms with van der Waals surface area (Å²) >= 11 is 13.0. The molecule has 0 spiro atoms. The SMILES string of the molecule is CCC(C(=O)Nc1ccc(Cl)c(Cl)c1)n1c(N)nnc1SCC#N. The predicted octanol–water partition coefficient (Wildman–Crippen LogP) is 3.37. The van der Waals surface area contributed by atoms with Crippen molar-refractivity contribution in [1.82, 2.24) is 14.8 Å². The summed E-state index contributed by atoms with van der Waals surface area (Å²) in [7, 11) is 0. The largest absolute Gasteiger partial charge is 0.368 e. The summed E-state index contributed by atoms with van der Waals surface area (Å²) in [5.41, 5.74) is 6.36. The van der Waals surface area contributed by atoms with E-state index in [1.54, 1.807) is 18.2 Å². The summed E-state index contributed by atoms with van der Waals surface area (Å²) in [4.78, 5) is 12.6. The number of nitrogens with two attached hydrogens (primary N) is 1. The van der Waals surface area contributed by atoms with Crippen molar-refractivity contribution in [3.63, 3.8) is 0 Å². The minimum Gasteiger partial charge on any atom is -0.368 e. The molecule has 0 bridgehead atoms. The lowest BCUT2D eigenvalue weighted by Crippen LogP contribution is -2.27. The van der Waals surface area contributed by atoms with Crippen molar-refractivity contribution in [1.29, 1.82) is 5.26 Å². The van der Waals surface area contributed by atoms with Gasteiger partial charge >= 0.3 is 0 Å². The lowest BCUT2D eigenvalue weighted by atomic mass is 10.2. The number of nitrogens with one attached hydrogen (secondary N) is 1. The number of amides is 1. The maximum Gasteiger partial charge on any atom is 0.247 e. The van der Waals surface area contributed by atoms with Gasteiger partial charge in [-0.1, -0.05) is 41.9 Å². The maximum absolute atomic E-state index is 12.6. The molecule has 0 aliphatic carbocycles. The summed E-state index contributed by atoms with van der Waals surface area (Å²) in [5.74, 6) is 0.0102. The number of carbonyl (C=O) groups excluding carboxylic acids is 1. The van der Waals surface area contributed by atoms with Crippen molar-refractivity contribution < 1.29 is 4.79 Å². The Morgan fingerprint density at radius 1 is 1.46 bits per heavy atom. The number of anilines is 2. The summed E-state index contributed by atoms with van der Waals surface area (Å²) in [6, 6.07) is 6.20. The maximum atomic E-state index is 12.6. The number of carbonyl (C=O) groups is 1. The molecular formula is C14H14Cl2N6OS. The fourth-order valence-electron chi connectivity index (χ4n) is 2.06. The molecule has 1 atom stereocenters. The number of hydrogen-bond donors (Lipinski definition) is 2. The van der Waals surface area contributed by atoms with Gasteiger partial charge in [-0.2, -0.15) is 5.26 Å². The number of benzene rings is 1. The molecule has 0 aliphatic heterocycles. The van der Waals surface area contributed by atoms with Crippen molar-refractivity contribution in [2.24, 2.45) is 0 Å². The second-order valence-corrected chi connectivity index (χ2v) is 6.46. The summed E-state index contributed by atoms with van der Waals surface area (Å²) < 4.78 is 1.52. The van der Waals surface area contributed by atoms with Gasteiger partial charge in [0.2, 0.25) is 11.9 Å². The van der Waals surface area contributed by atoms with Gasteiger partial charge in [-0.15, -0.1) is 10.2 Å². The molecule has 1 aromatic heterocycles. The highest BCUT2D eigenvalue weighted by molar-refractivity contribution is 7.99. The Bertz CT molecular complexity index is 788. The zero-order valence-electron chi connectivity index (χ0n) is 12.7. The third-order valence-electron chi connectivity index (χ3n) is 3.14. The van der Waals surface area contributed by atoms with Crippen LogP contribution in [0.15, 0.2) is 23.4 Å². The minimum absolute atomic E-state index is 0.117. The summed E-state index contributed by atoms with van der Waals surface area (Å²) in [6.07, 6.45) is 0.468. The lowest BCUT2D eigenvalue weighted by molar-refractivity contribution is -0.119. The third-order valence-corrected chi connectivity index (χ3v) is 4.69. The molecule has 1 heterocycles. The molecule has 0 saturated carbocycles. The number of nitrogen functional groups attached to an aromatic ring is 1. The Morgan fingerprint density at radius 3 is 2.83 bits per heavy atom. The highest BCUT2D eigenvalue weighted by Gasteiger charge is 2.25. The van der Waals surface area contributed by atoms with Gasteiger partial charge in [0.1, 0.15) is 6.04 Å². The van der Waals surface area contributed by atoms with Gasteiger partial charge in [-0.05, 0) is 24.6 Å². The lowest BCUT2D eigenvalue weighted by Gasteiger charge is -2.19. The van der Waals surface area contributed by atoms with Crippen molar-refractivity contribution in [2.75, 3.05) is 16.8 Å². The average molecular weight is 385 g/mol. The molecule has 2 rings (SSSR count). The van der Waals surface area contributed by atoms with E-state index in [1.807, 2.05) is 13.0 Å². The normalized spacial score (nSPS) is 11.8. The first-order valence-corrected chi connectivity index (χ1v) is 8.68. The zero-order chi connectivity index (χ0) is 17.7. The van der Waals surface area contributed by atoms with Crippen molar-refractivity contribution in [3.05, 3.63) is 28.2 Å². The van der Waals surface area contributed by atoms with Crippen LogP contribution in [0.3, 0.4) is 0 Å². The molecule has 126 valence electrons. The van der Waals surface area contributed by atoms with E-state index in [1.165, 1.54) is 16.3 Å². The van der Waals surface area contributed by atoms with Crippen molar-refractivity contribution >= 4 is 52.5 Å². The molecule has 1 amide bonds. The highest BCUT2D eigenvalue weighted by atomic mass is 35.5. The quantitative estimate of drug-likeness (QED) is 0.738. The molecule has 3 N–H and O–H groups in total. The van der Waals surface area contributed by atoms with E-state index in [0.29, 0.717) is 27.3 Å². The Kier molecular flexibility index (Phi) is 6.31. The van der Waals surface area contributed by atoms with Gasteiger partial charge in [0.05, 0.1) is 21.9 Å². The monoisotopic (exact) mass is 384 g/mol. The molecule has 0 fully saturated rings. The summed E-state index contributed by atoms with van der Waals surface area (Å²) in [5, 5.41) is 20.4. The van der Waals surface area contributed by atoms with Gasteiger partial charge in [0.15, 0.2) is 5.16 Å². The van der Waals surface area contributed by atoms with Crippen LogP contribution in [0.5, 0.6) is 0 Å². The van der Waals surface area contributed by atoms with E-state index >= 15 is 0 Å². The average Bonchev–Trinajstić information content (AvgIpc) is 2.91. The second kappa shape index (κ2) is 8.24. The molecular weight excluding hydrogens is 371 g/mol. The molecule has 1 unspecified atom stereocenters. The minimum atomic E-state index is -0.615. The fourth-order valence-corrected chi connectivity index (χ4v) is 3.01. The molecule has 7 nitrogen and oxygen atoms in total. The predicted molar refractivity (Wildman–Crippen MR) is 95.2 cm³/mol. The van der Waals surface area contributed by atoms with E-state index in [2.05, 4.69) is 15.5 Å². The highest BCUT2D eigenvalue weighted by Crippen LogP contribution is 2.28. The first kappa shape index (κ1) is 18.4. The number of rotatable bonds is 6. The topological polar surface area (TPSA) is 110 Å². The molecule has 1 aromatic carbocycles. The number of aromatic nitrogens is 3. The first-order chi connectivity index (χ1) is 11.5. The number of thioether (sulfide) groups is 1. The van der Waals surface area contributed by atoms with Crippen LogP contribution >= 0.6 is 35.0 Å². The van der Waals surface area contributed by atoms with Crippen LogP contribution in [0.1, 0.15) is 19.4 Å². The number of hydrogen-bond acceptors (Lipinski definition) is 6. The number of halogens is 2. The molecule has 2 aromatic rings. The van der Waals surface area contributed by atoms with Crippen LogP contribution in [0.2, 0.25) is 10.0 Å². The smallest absolute Gasteiger partial charge is 0.247 e. The van der Waals surface area contributed by atoms with E-state index in [9.17, 15) is 4.79 Å².